The van der Waals surface area contributed by atoms with Gasteiger partial charge >= 0.3 is 6.03 Å². The van der Waals surface area contributed by atoms with Crippen molar-refractivity contribution in [2.45, 2.75) is 25.3 Å². The quantitative estimate of drug-likeness (QED) is 0.428. The van der Waals surface area contributed by atoms with Crippen molar-refractivity contribution in [2.75, 3.05) is 0 Å². The van der Waals surface area contributed by atoms with E-state index >= 15 is 0 Å². The largest absolute Gasteiger partial charge is 0.345 e. The summed E-state index contributed by atoms with van der Waals surface area (Å²) in [6.45, 7) is 1.93. The minimum absolute atomic E-state index is 0.00579. The van der Waals surface area contributed by atoms with Gasteiger partial charge in [0, 0.05) is 0 Å². The van der Waals surface area contributed by atoms with Gasteiger partial charge in [0.25, 0.3) is 0 Å². The Balaban J connectivity index is 2.07. The zero-order chi connectivity index (χ0) is 6.43. The molecule has 2 heterocycles. The third kappa shape index (κ3) is 0.666. The molecule has 2 aliphatic rings. The fourth-order valence-corrected chi connectivity index (χ4v) is 1.08. The number of rotatable bonds is 0. The zero-order valence-corrected chi connectivity index (χ0v) is 5.05. The van der Waals surface area contributed by atoms with Gasteiger partial charge in [-0.1, -0.05) is 0 Å². The minimum Gasteiger partial charge on any atom is -0.345 e. The van der Waals surface area contributed by atoms with Crippen LogP contribution in [0, 0.1) is 0 Å². The number of hydrogen-bond donors (Lipinski definition) is 2. The summed E-state index contributed by atoms with van der Waals surface area (Å²) in [4.78, 5) is 10.6. The SMILES string of the molecule is CC1NC(=O)NC2OC12. The van der Waals surface area contributed by atoms with E-state index in [1.165, 1.54) is 0 Å². The van der Waals surface area contributed by atoms with E-state index in [0.29, 0.717) is 0 Å². The average Bonchev–Trinajstić information content (AvgIpc) is 2.43. The summed E-state index contributed by atoms with van der Waals surface area (Å²) < 4.78 is 5.07. The lowest BCUT2D eigenvalue weighted by molar-refractivity contribution is 0.232. The Morgan fingerprint density at radius 3 is 3.00 bits per heavy atom. The highest BCUT2D eigenvalue weighted by Gasteiger charge is 2.48. The molecule has 50 valence electrons. The van der Waals surface area contributed by atoms with Crippen molar-refractivity contribution in [3.05, 3.63) is 0 Å². The molecule has 2 saturated heterocycles. The average molecular weight is 128 g/mol. The van der Waals surface area contributed by atoms with Gasteiger partial charge in [0.2, 0.25) is 0 Å². The topological polar surface area (TPSA) is 53.7 Å². The molecule has 2 amide bonds. The Morgan fingerprint density at radius 1 is 1.56 bits per heavy atom. The fourth-order valence-electron chi connectivity index (χ4n) is 1.08. The van der Waals surface area contributed by atoms with Crippen LogP contribution >= 0.6 is 0 Å². The van der Waals surface area contributed by atoms with E-state index in [-0.39, 0.29) is 24.4 Å². The first-order valence-electron chi connectivity index (χ1n) is 3.00. The maximum absolute atomic E-state index is 10.6. The molecule has 2 N–H and O–H groups in total. The van der Waals surface area contributed by atoms with Crippen LogP contribution in [0.15, 0.2) is 0 Å². The summed E-state index contributed by atoms with van der Waals surface area (Å²) >= 11 is 0. The van der Waals surface area contributed by atoms with Crippen LogP contribution in [-0.2, 0) is 4.74 Å². The summed E-state index contributed by atoms with van der Waals surface area (Å²) in [5.74, 6) is 0. The number of amides is 2. The van der Waals surface area contributed by atoms with Crippen LogP contribution in [0.25, 0.3) is 0 Å². The number of epoxide rings is 1. The molecule has 0 aromatic carbocycles. The number of urea groups is 1. The maximum atomic E-state index is 10.6. The van der Waals surface area contributed by atoms with Gasteiger partial charge in [0.1, 0.15) is 6.10 Å². The van der Waals surface area contributed by atoms with E-state index in [2.05, 4.69) is 10.6 Å². The molecule has 9 heavy (non-hydrogen) atoms. The molecule has 2 fully saturated rings. The molecular formula is C5H8N2O2. The van der Waals surface area contributed by atoms with E-state index in [0.717, 1.165) is 0 Å². The predicted octanol–water partition coefficient (Wildman–Crippen LogP) is -0.587. The lowest BCUT2D eigenvalue weighted by Crippen LogP contribution is -2.50. The van der Waals surface area contributed by atoms with Crippen molar-refractivity contribution in [3.63, 3.8) is 0 Å². The lowest BCUT2D eigenvalue weighted by Gasteiger charge is -2.15. The monoisotopic (exact) mass is 128 g/mol. The highest BCUT2D eigenvalue weighted by molar-refractivity contribution is 5.76. The number of ether oxygens (including phenoxy) is 1. The molecule has 2 rings (SSSR count). The van der Waals surface area contributed by atoms with Crippen LogP contribution < -0.4 is 10.6 Å². The molecule has 3 atom stereocenters. The Labute approximate surface area is 52.6 Å². The van der Waals surface area contributed by atoms with Crippen LogP contribution in [0.2, 0.25) is 0 Å². The van der Waals surface area contributed by atoms with Gasteiger partial charge in [-0.2, -0.15) is 0 Å². The van der Waals surface area contributed by atoms with Crippen molar-refractivity contribution in [1.82, 2.24) is 10.6 Å². The Morgan fingerprint density at radius 2 is 2.33 bits per heavy atom. The third-order valence-electron chi connectivity index (χ3n) is 1.65. The van der Waals surface area contributed by atoms with Gasteiger partial charge < -0.3 is 15.4 Å². The Hall–Kier alpha value is -0.770. The summed E-state index contributed by atoms with van der Waals surface area (Å²) in [5, 5.41) is 5.31. The first kappa shape index (κ1) is 5.05. The van der Waals surface area contributed by atoms with E-state index in [9.17, 15) is 4.79 Å². The smallest absolute Gasteiger partial charge is 0.317 e. The zero-order valence-electron chi connectivity index (χ0n) is 5.05. The standard InChI is InChI=1S/C5H8N2O2/c1-2-3-4(9-3)7-5(8)6-2/h2-4H,1H3,(H2,6,7,8). The second kappa shape index (κ2) is 1.39. The predicted molar refractivity (Wildman–Crippen MR) is 29.8 cm³/mol. The molecule has 0 radical (unpaired) electrons. The molecule has 0 saturated carbocycles. The lowest BCUT2D eigenvalue weighted by atomic mass is 10.2. The van der Waals surface area contributed by atoms with Crippen molar-refractivity contribution < 1.29 is 9.53 Å². The van der Waals surface area contributed by atoms with Gasteiger partial charge in [0.15, 0.2) is 6.23 Å². The number of fused-ring (bicyclic) bond motifs is 1. The van der Waals surface area contributed by atoms with Crippen molar-refractivity contribution >= 4 is 6.03 Å². The molecule has 4 nitrogen and oxygen atoms in total. The first-order valence-corrected chi connectivity index (χ1v) is 3.00. The summed E-state index contributed by atoms with van der Waals surface area (Å²) in [7, 11) is 0. The van der Waals surface area contributed by atoms with Crippen LogP contribution in [0.3, 0.4) is 0 Å². The molecule has 0 bridgehead atoms. The molecule has 3 unspecified atom stereocenters. The second-order valence-corrected chi connectivity index (χ2v) is 2.43. The molecule has 2 aliphatic heterocycles. The normalized spacial score (nSPS) is 46.8. The number of carbonyl (C=O) groups excluding carboxylic acids is 1. The van der Waals surface area contributed by atoms with Gasteiger partial charge in [-0.15, -0.1) is 0 Å². The van der Waals surface area contributed by atoms with Crippen LogP contribution in [0.5, 0.6) is 0 Å². The number of carbonyl (C=O) groups is 1. The maximum Gasteiger partial charge on any atom is 0.317 e. The second-order valence-electron chi connectivity index (χ2n) is 2.43. The fraction of sp³-hybridized carbons (Fsp3) is 0.800. The molecule has 0 aliphatic carbocycles. The molecular weight excluding hydrogens is 120 g/mol. The van der Waals surface area contributed by atoms with Gasteiger partial charge in [0.05, 0.1) is 6.04 Å². The third-order valence-corrected chi connectivity index (χ3v) is 1.65. The van der Waals surface area contributed by atoms with E-state index in [1.54, 1.807) is 0 Å². The van der Waals surface area contributed by atoms with Crippen LogP contribution in [0.1, 0.15) is 6.92 Å². The van der Waals surface area contributed by atoms with E-state index in [4.69, 9.17) is 4.74 Å². The van der Waals surface area contributed by atoms with Crippen LogP contribution in [0.4, 0.5) is 4.79 Å². The number of hydrogen-bond acceptors (Lipinski definition) is 2. The summed E-state index contributed by atoms with van der Waals surface area (Å²) in [5.41, 5.74) is 0. The summed E-state index contributed by atoms with van der Waals surface area (Å²) in [6.07, 6.45) is 0.205. The Bertz CT molecular complexity index is 159. The van der Waals surface area contributed by atoms with Crippen LogP contribution in [-0.4, -0.2) is 24.4 Å². The van der Waals surface area contributed by atoms with Crippen molar-refractivity contribution in [2.24, 2.45) is 0 Å². The first-order chi connectivity index (χ1) is 4.27. The molecule has 0 aromatic rings. The van der Waals surface area contributed by atoms with Crippen molar-refractivity contribution in [1.29, 1.82) is 0 Å². The van der Waals surface area contributed by atoms with Crippen molar-refractivity contribution in [3.8, 4) is 0 Å². The van der Waals surface area contributed by atoms with E-state index in [1.807, 2.05) is 6.92 Å². The van der Waals surface area contributed by atoms with E-state index < -0.39 is 0 Å². The van der Waals surface area contributed by atoms with Gasteiger partial charge in [-0.3, -0.25) is 0 Å². The van der Waals surface area contributed by atoms with Gasteiger partial charge in [-0.05, 0) is 6.92 Å². The number of nitrogens with one attached hydrogen (secondary N) is 2. The molecule has 0 spiro atoms. The minimum atomic E-state index is -0.124. The van der Waals surface area contributed by atoms with Gasteiger partial charge in [-0.25, -0.2) is 4.79 Å². The molecule has 0 aromatic heterocycles. The Kier molecular flexibility index (Phi) is 0.778. The highest BCUT2D eigenvalue weighted by Crippen LogP contribution is 2.25. The highest BCUT2D eigenvalue weighted by atomic mass is 16.6. The summed E-state index contributed by atoms with van der Waals surface area (Å²) in [6, 6.07) is 0.0463. The molecule has 4 heteroatoms.